The van der Waals surface area contributed by atoms with Crippen molar-refractivity contribution in [2.45, 2.75) is 13.0 Å². The standard InChI is InChI=1S/C16H15F2NO3/c1-10-2-5-15(22-10)14-9-21-7-6-19(14)16(20)11-3-4-12(17)13(18)8-11/h2-5,8,14H,6-7,9H2,1H3/t14-/m1/s1. The van der Waals surface area contributed by atoms with E-state index in [1.165, 1.54) is 6.07 Å². The van der Waals surface area contributed by atoms with Gasteiger partial charge in [-0.2, -0.15) is 0 Å². The number of benzene rings is 1. The van der Waals surface area contributed by atoms with Crippen LogP contribution in [0.3, 0.4) is 0 Å². The fourth-order valence-corrected chi connectivity index (χ4v) is 2.51. The molecule has 1 aliphatic heterocycles. The molecule has 1 atom stereocenters. The Balaban J connectivity index is 1.89. The summed E-state index contributed by atoms with van der Waals surface area (Å²) in [6.45, 7) is 2.88. The second-order valence-corrected chi connectivity index (χ2v) is 5.17. The van der Waals surface area contributed by atoms with E-state index in [1.807, 2.05) is 13.0 Å². The van der Waals surface area contributed by atoms with Crippen molar-refractivity contribution in [2.75, 3.05) is 19.8 Å². The molecule has 4 nitrogen and oxygen atoms in total. The minimum Gasteiger partial charge on any atom is -0.464 e. The van der Waals surface area contributed by atoms with Crippen LogP contribution in [-0.2, 0) is 4.74 Å². The van der Waals surface area contributed by atoms with Crippen molar-refractivity contribution >= 4 is 5.91 Å². The molecule has 1 aromatic heterocycles. The van der Waals surface area contributed by atoms with Crippen LogP contribution in [0.2, 0.25) is 0 Å². The van der Waals surface area contributed by atoms with Crippen LogP contribution in [0.25, 0.3) is 0 Å². The second kappa shape index (κ2) is 5.88. The number of ether oxygens (including phenoxy) is 1. The highest BCUT2D eigenvalue weighted by Gasteiger charge is 2.31. The number of aryl methyl sites for hydroxylation is 1. The van der Waals surface area contributed by atoms with Crippen LogP contribution in [0.15, 0.2) is 34.7 Å². The van der Waals surface area contributed by atoms with Gasteiger partial charge in [0, 0.05) is 12.1 Å². The lowest BCUT2D eigenvalue weighted by molar-refractivity contribution is -0.00897. The number of morpholine rings is 1. The zero-order valence-corrected chi connectivity index (χ0v) is 12.0. The van der Waals surface area contributed by atoms with E-state index in [0.29, 0.717) is 25.5 Å². The Hall–Kier alpha value is -2.21. The van der Waals surface area contributed by atoms with E-state index >= 15 is 0 Å². The van der Waals surface area contributed by atoms with Crippen molar-refractivity contribution in [2.24, 2.45) is 0 Å². The molecule has 0 radical (unpaired) electrons. The summed E-state index contributed by atoms with van der Waals surface area (Å²) in [6, 6.07) is 6.38. The summed E-state index contributed by atoms with van der Waals surface area (Å²) in [6.07, 6.45) is 0. The van der Waals surface area contributed by atoms with E-state index in [1.54, 1.807) is 11.0 Å². The number of furan rings is 1. The minimum absolute atomic E-state index is 0.106. The van der Waals surface area contributed by atoms with Crippen molar-refractivity contribution in [3.63, 3.8) is 0 Å². The zero-order valence-electron chi connectivity index (χ0n) is 12.0. The van der Waals surface area contributed by atoms with Gasteiger partial charge in [0.2, 0.25) is 0 Å². The van der Waals surface area contributed by atoms with E-state index in [9.17, 15) is 13.6 Å². The van der Waals surface area contributed by atoms with Crippen molar-refractivity contribution < 1.29 is 22.7 Å². The van der Waals surface area contributed by atoms with Gasteiger partial charge in [-0.1, -0.05) is 0 Å². The quantitative estimate of drug-likeness (QED) is 0.856. The Kier molecular flexibility index (Phi) is 3.94. The van der Waals surface area contributed by atoms with Crippen LogP contribution in [-0.4, -0.2) is 30.6 Å². The van der Waals surface area contributed by atoms with Gasteiger partial charge in [-0.05, 0) is 37.3 Å². The Morgan fingerprint density at radius 3 is 2.73 bits per heavy atom. The molecule has 2 heterocycles. The summed E-state index contributed by atoms with van der Waals surface area (Å²) < 4.78 is 37.3. The smallest absolute Gasteiger partial charge is 0.254 e. The number of nitrogens with zero attached hydrogens (tertiary/aromatic N) is 1. The van der Waals surface area contributed by atoms with Crippen molar-refractivity contribution in [1.29, 1.82) is 0 Å². The first kappa shape index (κ1) is 14.7. The summed E-state index contributed by atoms with van der Waals surface area (Å²) >= 11 is 0. The second-order valence-electron chi connectivity index (χ2n) is 5.17. The van der Waals surface area contributed by atoms with Crippen LogP contribution in [0, 0.1) is 18.6 Å². The molecule has 3 rings (SSSR count). The van der Waals surface area contributed by atoms with Crippen LogP contribution >= 0.6 is 0 Å². The van der Waals surface area contributed by atoms with Gasteiger partial charge in [0.05, 0.1) is 13.2 Å². The maximum Gasteiger partial charge on any atom is 0.254 e. The van der Waals surface area contributed by atoms with Crippen LogP contribution < -0.4 is 0 Å². The number of carbonyl (C=O) groups is 1. The molecule has 1 aliphatic rings. The number of hydrogen-bond acceptors (Lipinski definition) is 3. The fraction of sp³-hybridized carbons (Fsp3) is 0.312. The minimum atomic E-state index is -1.04. The zero-order chi connectivity index (χ0) is 15.7. The Morgan fingerprint density at radius 2 is 2.05 bits per heavy atom. The predicted octanol–water partition coefficient (Wildman–Crippen LogP) is 3.08. The first-order valence-electron chi connectivity index (χ1n) is 6.96. The lowest BCUT2D eigenvalue weighted by atomic mass is 10.1. The molecule has 1 fully saturated rings. The van der Waals surface area contributed by atoms with E-state index < -0.39 is 11.6 Å². The third-order valence-electron chi connectivity index (χ3n) is 3.65. The fourth-order valence-electron chi connectivity index (χ4n) is 2.51. The molecule has 0 bridgehead atoms. The number of carbonyl (C=O) groups excluding carboxylic acids is 1. The van der Waals surface area contributed by atoms with Crippen molar-refractivity contribution in [3.8, 4) is 0 Å². The van der Waals surface area contributed by atoms with Gasteiger partial charge < -0.3 is 14.1 Å². The summed E-state index contributed by atoms with van der Waals surface area (Å²) in [5, 5.41) is 0. The molecular weight excluding hydrogens is 292 g/mol. The largest absolute Gasteiger partial charge is 0.464 e. The molecule has 6 heteroatoms. The van der Waals surface area contributed by atoms with E-state index in [4.69, 9.17) is 9.15 Å². The Bertz CT molecular complexity index is 698. The average molecular weight is 307 g/mol. The SMILES string of the molecule is Cc1ccc([C@H]2COCCN2C(=O)c2ccc(F)c(F)c2)o1. The number of amides is 1. The maximum absolute atomic E-state index is 13.3. The molecular formula is C16H15F2NO3. The van der Waals surface area contributed by atoms with Gasteiger partial charge in [-0.25, -0.2) is 8.78 Å². The Labute approximate surface area is 126 Å². The van der Waals surface area contributed by atoms with E-state index in [0.717, 1.165) is 17.9 Å². The summed E-state index contributed by atoms with van der Waals surface area (Å²) in [5.74, 6) is -1.03. The highest BCUT2D eigenvalue weighted by atomic mass is 19.2. The van der Waals surface area contributed by atoms with Crippen molar-refractivity contribution in [1.82, 2.24) is 4.90 Å². The molecule has 22 heavy (non-hydrogen) atoms. The third kappa shape index (κ3) is 2.74. The van der Waals surface area contributed by atoms with Gasteiger partial charge in [-0.3, -0.25) is 4.79 Å². The average Bonchev–Trinajstić information content (AvgIpc) is 2.96. The van der Waals surface area contributed by atoms with E-state index in [-0.39, 0.29) is 17.5 Å². The maximum atomic E-state index is 13.3. The molecule has 0 spiro atoms. The number of hydrogen-bond donors (Lipinski definition) is 0. The number of rotatable bonds is 2. The van der Waals surface area contributed by atoms with Gasteiger partial charge in [0.1, 0.15) is 17.6 Å². The molecule has 0 saturated carbocycles. The lowest BCUT2D eigenvalue weighted by Gasteiger charge is -2.34. The molecule has 1 saturated heterocycles. The molecule has 2 aromatic rings. The number of halogens is 2. The van der Waals surface area contributed by atoms with Gasteiger partial charge >= 0.3 is 0 Å². The first-order chi connectivity index (χ1) is 10.6. The van der Waals surface area contributed by atoms with Crippen LogP contribution in [0.4, 0.5) is 8.78 Å². The highest BCUT2D eigenvalue weighted by Crippen LogP contribution is 2.27. The molecule has 116 valence electrons. The van der Waals surface area contributed by atoms with Crippen LogP contribution in [0.1, 0.15) is 27.9 Å². The molecule has 0 unspecified atom stereocenters. The molecule has 0 aliphatic carbocycles. The van der Waals surface area contributed by atoms with Crippen LogP contribution in [0.5, 0.6) is 0 Å². The van der Waals surface area contributed by atoms with Gasteiger partial charge in [0.25, 0.3) is 5.91 Å². The molecule has 0 N–H and O–H groups in total. The first-order valence-corrected chi connectivity index (χ1v) is 6.96. The predicted molar refractivity (Wildman–Crippen MR) is 74.4 cm³/mol. The monoisotopic (exact) mass is 307 g/mol. The molecule has 1 aromatic carbocycles. The third-order valence-corrected chi connectivity index (χ3v) is 3.65. The summed E-state index contributed by atoms with van der Waals surface area (Å²) in [7, 11) is 0. The molecule has 1 amide bonds. The summed E-state index contributed by atoms with van der Waals surface area (Å²) in [4.78, 5) is 14.2. The normalized spacial score (nSPS) is 18.5. The van der Waals surface area contributed by atoms with Gasteiger partial charge in [-0.15, -0.1) is 0 Å². The topological polar surface area (TPSA) is 42.7 Å². The highest BCUT2D eigenvalue weighted by molar-refractivity contribution is 5.94. The Morgan fingerprint density at radius 1 is 1.23 bits per heavy atom. The van der Waals surface area contributed by atoms with E-state index in [2.05, 4.69) is 0 Å². The van der Waals surface area contributed by atoms with Gasteiger partial charge in [0.15, 0.2) is 11.6 Å². The van der Waals surface area contributed by atoms with Crippen molar-refractivity contribution in [3.05, 3.63) is 59.1 Å². The summed E-state index contributed by atoms with van der Waals surface area (Å²) in [5.41, 5.74) is 0.106. The lowest BCUT2D eigenvalue weighted by Crippen LogP contribution is -2.43.